The number of benzene rings is 2. The van der Waals surface area contributed by atoms with Crippen molar-refractivity contribution < 1.29 is 14.3 Å². The van der Waals surface area contributed by atoms with Crippen molar-refractivity contribution in [2.24, 2.45) is 5.92 Å². The molecule has 0 spiro atoms. The molecular weight excluding hydrogens is 416 g/mol. The van der Waals surface area contributed by atoms with Crippen LogP contribution in [0.1, 0.15) is 15.9 Å². The Morgan fingerprint density at radius 1 is 1.06 bits per heavy atom. The van der Waals surface area contributed by atoms with Gasteiger partial charge < -0.3 is 14.4 Å². The number of hydrogen-bond acceptors (Lipinski definition) is 6. The van der Waals surface area contributed by atoms with Gasteiger partial charge in [-0.05, 0) is 47.7 Å². The largest absolute Gasteiger partial charge is 0.424 e. The lowest BCUT2D eigenvalue weighted by Crippen LogP contribution is -2.36. The second-order valence-corrected chi connectivity index (χ2v) is 8.07. The quantitative estimate of drug-likeness (QED) is 0.464. The van der Waals surface area contributed by atoms with Crippen LogP contribution < -0.4 is 4.74 Å². The van der Waals surface area contributed by atoms with Crippen molar-refractivity contribution in [3.05, 3.63) is 90.5 Å². The van der Waals surface area contributed by atoms with Gasteiger partial charge in [-0.3, -0.25) is 9.78 Å². The van der Waals surface area contributed by atoms with Crippen LogP contribution in [0, 0.1) is 5.92 Å². The predicted octanol–water partition coefficient (Wildman–Crippen LogP) is 4.15. The van der Waals surface area contributed by atoms with Crippen LogP contribution in [0.3, 0.4) is 0 Å². The van der Waals surface area contributed by atoms with Crippen molar-refractivity contribution in [2.75, 3.05) is 26.3 Å². The summed E-state index contributed by atoms with van der Waals surface area (Å²) >= 11 is 0. The first-order chi connectivity index (χ1) is 16.3. The third-order valence-corrected chi connectivity index (χ3v) is 5.74. The highest BCUT2D eigenvalue weighted by molar-refractivity contribution is 5.94. The first-order valence-corrected chi connectivity index (χ1v) is 11.0. The predicted molar refractivity (Wildman–Crippen MR) is 124 cm³/mol. The molecule has 33 heavy (non-hydrogen) atoms. The van der Waals surface area contributed by atoms with Crippen molar-refractivity contribution in [2.45, 2.75) is 6.42 Å². The first kappa shape index (κ1) is 21.0. The summed E-state index contributed by atoms with van der Waals surface area (Å²) in [4.78, 5) is 27.6. The highest BCUT2D eigenvalue weighted by Crippen LogP contribution is 2.24. The van der Waals surface area contributed by atoms with Gasteiger partial charge in [-0.15, -0.1) is 0 Å². The van der Waals surface area contributed by atoms with Crippen molar-refractivity contribution in [1.29, 1.82) is 0 Å². The van der Waals surface area contributed by atoms with Crippen molar-refractivity contribution in [1.82, 2.24) is 19.9 Å². The van der Waals surface area contributed by atoms with E-state index in [1.165, 1.54) is 10.9 Å². The van der Waals surface area contributed by atoms with Crippen LogP contribution in [-0.4, -0.2) is 52.1 Å². The molecule has 1 fully saturated rings. The van der Waals surface area contributed by atoms with Crippen LogP contribution in [0.15, 0.2) is 79.4 Å². The molecule has 0 saturated carbocycles. The third kappa shape index (κ3) is 4.99. The van der Waals surface area contributed by atoms with Gasteiger partial charge in [0.05, 0.1) is 13.2 Å². The molecule has 166 valence electrons. The average Bonchev–Trinajstić information content (AvgIpc) is 3.10. The molecule has 1 aliphatic rings. The van der Waals surface area contributed by atoms with E-state index in [2.05, 4.69) is 33.2 Å². The Morgan fingerprint density at radius 3 is 2.85 bits per heavy atom. The molecule has 2 aromatic carbocycles. The third-order valence-electron chi connectivity index (χ3n) is 5.74. The molecule has 5 rings (SSSR count). The van der Waals surface area contributed by atoms with E-state index in [1.807, 2.05) is 23.4 Å². The molecule has 0 radical (unpaired) electrons. The monoisotopic (exact) mass is 440 g/mol. The van der Waals surface area contributed by atoms with Gasteiger partial charge in [-0.25, -0.2) is 9.97 Å². The van der Waals surface area contributed by atoms with E-state index in [0.717, 1.165) is 11.8 Å². The number of nitrogens with zero attached hydrogens (tertiary/aromatic N) is 4. The molecule has 1 saturated heterocycles. The fraction of sp³-hybridized carbons (Fsp3) is 0.231. The number of carbonyl (C=O) groups is 1. The van der Waals surface area contributed by atoms with Gasteiger partial charge >= 0.3 is 6.01 Å². The molecule has 0 N–H and O–H groups in total. The molecule has 1 amide bonds. The molecule has 7 heteroatoms. The first-order valence-electron chi connectivity index (χ1n) is 11.0. The fourth-order valence-corrected chi connectivity index (χ4v) is 4.17. The minimum atomic E-state index is -0.0375. The number of amides is 1. The van der Waals surface area contributed by atoms with Crippen LogP contribution in [0.25, 0.3) is 10.8 Å². The van der Waals surface area contributed by atoms with Gasteiger partial charge in [0.1, 0.15) is 5.75 Å². The molecule has 0 bridgehead atoms. The number of rotatable bonds is 5. The van der Waals surface area contributed by atoms with Crippen LogP contribution in [-0.2, 0) is 11.2 Å². The van der Waals surface area contributed by atoms with E-state index in [1.54, 1.807) is 42.7 Å². The van der Waals surface area contributed by atoms with E-state index >= 15 is 0 Å². The van der Waals surface area contributed by atoms with E-state index in [-0.39, 0.29) is 17.8 Å². The highest BCUT2D eigenvalue weighted by Gasteiger charge is 2.24. The maximum Gasteiger partial charge on any atom is 0.321 e. The lowest BCUT2D eigenvalue weighted by Gasteiger charge is -2.24. The summed E-state index contributed by atoms with van der Waals surface area (Å²) in [5, 5.41) is 2.32. The summed E-state index contributed by atoms with van der Waals surface area (Å²) in [7, 11) is 0. The Morgan fingerprint density at radius 2 is 1.94 bits per heavy atom. The Bertz CT molecular complexity index is 1240. The molecule has 1 aliphatic heterocycles. The van der Waals surface area contributed by atoms with Crippen LogP contribution >= 0.6 is 0 Å². The number of aromatic nitrogens is 3. The molecule has 2 aromatic heterocycles. The minimum Gasteiger partial charge on any atom is -0.424 e. The Kier molecular flexibility index (Phi) is 6.21. The fourth-order valence-electron chi connectivity index (χ4n) is 4.17. The zero-order valence-corrected chi connectivity index (χ0v) is 18.1. The van der Waals surface area contributed by atoms with Gasteiger partial charge in [0.2, 0.25) is 0 Å². The topological polar surface area (TPSA) is 77.4 Å². The molecule has 7 nitrogen and oxygen atoms in total. The number of carbonyl (C=O) groups excluding carboxylic acids is 1. The summed E-state index contributed by atoms with van der Waals surface area (Å²) in [5.41, 5.74) is 1.79. The second-order valence-electron chi connectivity index (χ2n) is 8.07. The highest BCUT2D eigenvalue weighted by atomic mass is 16.5. The number of fused-ring (bicyclic) bond motifs is 1. The second kappa shape index (κ2) is 9.75. The summed E-state index contributed by atoms with van der Waals surface area (Å²) in [6, 6.07) is 17.4. The molecular formula is C26H24N4O3. The average molecular weight is 441 g/mol. The number of ether oxygens (including phenoxy) is 2. The van der Waals surface area contributed by atoms with Crippen LogP contribution in [0.2, 0.25) is 0 Å². The van der Waals surface area contributed by atoms with Crippen LogP contribution in [0.5, 0.6) is 11.8 Å². The van der Waals surface area contributed by atoms with E-state index in [0.29, 0.717) is 37.6 Å². The van der Waals surface area contributed by atoms with E-state index in [4.69, 9.17) is 9.47 Å². The summed E-state index contributed by atoms with van der Waals surface area (Å²) in [6.07, 6.45) is 7.76. The smallest absolute Gasteiger partial charge is 0.321 e. The molecule has 1 atom stereocenters. The minimum absolute atomic E-state index is 0.0375. The van der Waals surface area contributed by atoms with Crippen LogP contribution in [0.4, 0.5) is 0 Å². The van der Waals surface area contributed by atoms with Crippen molar-refractivity contribution in [3.8, 4) is 11.8 Å². The zero-order valence-electron chi connectivity index (χ0n) is 18.1. The Hall–Kier alpha value is -3.84. The summed E-state index contributed by atoms with van der Waals surface area (Å²) in [5.74, 6) is 0.682. The molecule has 1 unspecified atom stereocenters. The normalized spacial score (nSPS) is 16.4. The molecule has 4 aromatic rings. The van der Waals surface area contributed by atoms with Gasteiger partial charge in [0, 0.05) is 54.7 Å². The van der Waals surface area contributed by atoms with Gasteiger partial charge in [-0.2, -0.15) is 0 Å². The van der Waals surface area contributed by atoms with Gasteiger partial charge in [0.25, 0.3) is 5.91 Å². The number of hydrogen-bond donors (Lipinski definition) is 0. The van der Waals surface area contributed by atoms with Crippen molar-refractivity contribution >= 4 is 16.7 Å². The lowest BCUT2D eigenvalue weighted by atomic mass is 9.95. The standard InChI is InChI=1S/C26H24N4O3/c31-25(22-6-2-7-23(15-22)33-26-28-9-3-10-29-26)30-12-13-32-18-19(17-30)14-21-5-1-4-20-8-11-27-16-24(20)21/h1-11,15-16,19H,12-14,17-18H2. The molecule has 0 aliphatic carbocycles. The maximum atomic E-state index is 13.3. The van der Waals surface area contributed by atoms with E-state index < -0.39 is 0 Å². The van der Waals surface area contributed by atoms with Crippen molar-refractivity contribution in [3.63, 3.8) is 0 Å². The summed E-state index contributed by atoms with van der Waals surface area (Å²) < 4.78 is 11.6. The Labute approximate surface area is 192 Å². The SMILES string of the molecule is O=C(c1cccc(Oc2ncccn2)c1)N1CCOCC(Cc2cccc3ccncc23)C1. The van der Waals surface area contributed by atoms with Gasteiger partial charge in [0.15, 0.2) is 0 Å². The molecule has 3 heterocycles. The van der Waals surface area contributed by atoms with E-state index in [9.17, 15) is 4.79 Å². The summed E-state index contributed by atoms with van der Waals surface area (Å²) in [6.45, 7) is 2.32. The van der Waals surface area contributed by atoms with Gasteiger partial charge in [-0.1, -0.05) is 24.3 Å². The zero-order chi connectivity index (χ0) is 22.5. The Balaban J connectivity index is 1.32. The number of pyridine rings is 1. The maximum absolute atomic E-state index is 13.3. The lowest BCUT2D eigenvalue weighted by molar-refractivity contribution is 0.0737.